The lowest BCUT2D eigenvalue weighted by Crippen LogP contribution is -2.34. The number of fused-ring (bicyclic) bond motifs is 1. The van der Waals surface area contributed by atoms with Crippen molar-refractivity contribution in [3.8, 4) is 11.5 Å². The van der Waals surface area contributed by atoms with Gasteiger partial charge in [-0.15, -0.1) is 16.8 Å². The average Bonchev–Trinajstić information content (AvgIpc) is 3.20. The van der Waals surface area contributed by atoms with Gasteiger partial charge in [0.2, 0.25) is 0 Å². The van der Waals surface area contributed by atoms with Gasteiger partial charge >= 0.3 is 0 Å². The van der Waals surface area contributed by atoms with Gasteiger partial charge in [-0.05, 0) is 54.7 Å². The van der Waals surface area contributed by atoms with Crippen molar-refractivity contribution in [3.05, 3.63) is 66.6 Å². The zero-order valence-electron chi connectivity index (χ0n) is 17.2. The molecule has 1 N–H and O–H groups in total. The molecule has 1 aromatic carbocycles. The zero-order valence-corrected chi connectivity index (χ0v) is 18.0. The van der Waals surface area contributed by atoms with E-state index in [1.165, 1.54) is 0 Å². The summed E-state index contributed by atoms with van der Waals surface area (Å²) in [5, 5.41) is 11.5. The van der Waals surface area contributed by atoms with Crippen molar-refractivity contribution < 1.29 is 14.3 Å². The molecule has 0 aliphatic rings. The summed E-state index contributed by atoms with van der Waals surface area (Å²) in [6, 6.07) is 11.1. The maximum atomic E-state index is 12.6. The van der Waals surface area contributed by atoms with Crippen LogP contribution in [0.2, 0.25) is 0 Å². The van der Waals surface area contributed by atoms with Crippen LogP contribution in [0.4, 0.5) is 0 Å². The predicted molar refractivity (Wildman–Crippen MR) is 119 cm³/mol. The molecule has 1 unspecified atom stereocenters. The standard InChI is InChI=1S/C22H26N4O3S/c1-4-7-16-9-10-18(19(14-16)28-2)29-15-21(27)23-17(11-13-30-3)22-25-24-20-8-5-6-12-26(20)22/h4-6,8-10,12,14,17H,1,7,11,13,15H2,2-3H3,(H,23,27). The van der Waals surface area contributed by atoms with Crippen LogP contribution in [0.15, 0.2) is 55.3 Å². The minimum atomic E-state index is -0.261. The molecule has 158 valence electrons. The topological polar surface area (TPSA) is 77.8 Å². The fourth-order valence-corrected chi connectivity index (χ4v) is 3.57. The molecule has 0 aliphatic heterocycles. The SMILES string of the molecule is C=CCc1ccc(OCC(=O)NC(CCSC)c2nnc3ccccn23)c(OC)c1. The van der Waals surface area contributed by atoms with Crippen molar-refractivity contribution in [1.29, 1.82) is 0 Å². The largest absolute Gasteiger partial charge is 0.493 e. The number of thioether (sulfide) groups is 1. The van der Waals surface area contributed by atoms with E-state index >= 15 is 0 Å². The number of carbonyl (C=O) groups is 1. The minimum absolute atomic E-state index is 0.121. The lowest BCUT2D eigenvalue weighted by molar-refractivity contribution is -0.124. The van der Waals surface area contributed by atoms with Gasteiger partial charge in [-0.2, -0.15) is 11.8 Å². The highest BCUT2D eigenvalue weighted by Crippen LogP contribution is 2.28. The van der Waals surface area contributed by atoms with Crippen LogP contribution in [-0.2, 0) is 11.2 Å². The Bertz CT molecular complexity index is 1000. The summed E-state index contributed by atoms with van der Waals surface area (Å²) < 4.78 is 13.0. The van der Waals surface area contributed by atoms with Crippen molar-refractivity contribution in [3.63, 3.8) is 0 Å². The Labute approximate surface area is 180 Å². The first kappa shape index (κ1) is 21.7. The number of allylic oxidation sites excluding steroid dienone is 1. The molecular formula is C22H26N4O3S. The molecule has 3 aromatic rings. The number of aromatic nitrogens is 3. The fourth-order valence-electron chi connectivity index (χ4n) is 3.10. The van der Waals surface area contributed by atoms with Gasteiger partial charge in [0.15, 0.2) is 29.6 Å². The van der Waals surface area contributed by atoms with Crippen LogP contribution < -0.4 is 14.8 Å². The number of nitrogens with one attached hydrogen (secondary N) is 1. The van der Waals surface area contributed by atoms with Gasteiger partial charge in [-0.1, -0.05) is 18.2 Å². The summed E-state index contributed by atoms with van der Waals surface area (Å²) in [7, 11) is 1.58. The van der Waals surface area contributed by atoms with Gasteiger partial charge in [0.25, 0.3) is 5.91 Å². The number of benzene rings is 1. The molecular weight excluding hydrogens is 400 g/mol. The Morgan fingerprint density at radius 2 is 2.17 bits per heavy atom. The number of hydrogen-bond acceptors (Lipinski definition) is 6. The van der Waals surface area contributed by atoms with E-state index in [0.29, 0.717) is 17.3 Å². The number of amides is 1. The van der Waals surface area contributed by atoms with E-state index in [-0.39, 0.29) is 18.6 Å². The van der Waals surface area contributed by atoms with Crippen LogP contribution in [-0.4, -0.2) is 46.2 Å². The maximum absolute atomic E-state index is 12.6. The molecule has 0 saturated heterocycles. The Morgan fingerprint density at radius 3 is 2.93 bits per heavy atom. The van der Waals surface area contributed by atoms with Crippen LogP contribution in [0, 0.1) is 0 Å². The highest BCUT2D eigenvalue weighted by Gasteiger charge is 2.20. The number of carbonyl (C=O) groups excluding carboxylic acids is 1. The Morgan fingerprint density at radius 1 is 1.30 bits per heavy atom. The van der Waals surface area contributed by atoms with Gasteiger partial charge in [-0.3, -0.25) is 9.20 Å². The van der Waals surface area contributed by atoms with Crippen LogP contribution >= 0.6 is 11.8 Å². The maximum Gasteiger partial charge on any atom is 0.258 e. The molecule has 0 bridgehead atoms. The average molecular weight is 427 g/mol. The molecule has 2 aromatic heterocycles. The second-order valence-corrected chi connectivity index (χ2v) is 7.64. The van der Waals surface area contributed by atoms with Crippen molar-refractivity contribution in [2.45, 2.75) is 18.9 Å². The molecule has 30 heavy (non-hydrogen) atoms. The number of pyridine rings is 1. The molecule has 0 spiro atoms. The monoisotopic (exact) mass is 426 g/mol. The molecule has 1 atom stereocenters. The van der Waals surface area contributed by atoms with Crippen LogP contribution in [0.3, 0.4) is 0 Å². The first-order valence-electron chi connectivity index (χ1n) is 9.64. The van der Waals surface area contributed by atoms with Crippen molar-refractivity contribution >= 4 is 23.3 Å². The summed E-state index contributed by atoms with van der Waals surface area (Å²) in [5.74, 6) is 2.47. The first-order valence-corrected chi connectivity index (χ1v) is 11.0. The second kappa shape index (κ2) is 10.7. The van der Waals surface area contributed by atoms with Crippen molar-refractivity contribution in [2.75, 3.05) is 25.7 Å². The highest BCUT2D eigenvalue weighted by molar-refractivity contribution is 7.98. The summed E-state index contributed by atoms with van der Waals surface area (Å²) in [4.78, 5) is 12.6. The molecule has 0 saturated carbocycles. The van der Waals surface area contributed by atoms with E-state index in [0.717, 1.165) is 29.8 Å². The summed E-state index contributed by atoms with van der Waals surface area (Å²) in [6.07, 6.45) is 7.23. The van der Waals surface area contributed by atoms with Crippen LogP contribution in [0.5, 0.6) is 11.5 Å². The molecule has 0 fully saturated rings. The normalized spacial score (nSPS) is 11.8. The van der Waals surface area contributed by atoms with E-state index in [1.807, 2.05) is 59.3 Å². The fraction of sp³-hybridized carbons (Fsp3) is 0.318. The zero-order chi connectivity index (χ0) is 21.3. The van der Waals surface area contributed by atoms with Crippen LogP contribution in [0.25, 0.3) is 5.65 Å². The minimum Gasteiger partial charge on any atom is -0.493 e. The third-order valence-electron chi connectivity index (χ3n) is 4.56. The number of ether oxygens (including phenoxy) is 2. The van der Waals surface area contributed by atoms with E-state index in [9.17, 15) is 4.79 Å². The summed E-state index contributed by atoms with van der Waals surface area (Å²) in [5.41, 5.74) is 1.81. The third kappa shape index (κ3) is 5.33. The lowest BCUT2D eigenvalue weighted by Gasteiger charge is -2.18. The lowest BCUT2D eigenvalue weighted by atomic mass is 10.1. The van der Waals surface area contributed by atoms with Gasteiger partial charge in [0.05, 0.1) is 13.2 Å². The van der Waals surface area contributed by atoms with Crippen molar-refractivity contribution in [1.82, 2.24) is 19.9 Å². The number of hydrogen-bond donors (Lipinski definition) is 1. The molecule has 1 amide bonds. The number of nitrogens with zero attached hydrogens (tertiary/aromatic N) is 3. The molecule has 8 heteroatoms. The van der Waals surface area contributed by atoms with E-state index in [1.54, 1.807) is 18.9 Å². The summed E-state index contributed by atoms with van der Waals surface area (Å²) in [6.45, 7) is 3.62. The molecule has 0 radical (unpaired) electrons. The Hall–Kier alpha value is -3.00. The summed E-state index contributed by atoms with van der Waals surface area (Å²) >= 11 is 1.72. The first-order chi connectivity index (χ1) is 14.7. The molecule has 7 nitrogen and oxygen atoms in total. The predicted octanol–water partition coefficient (Wildman–Crippen LogP) is 3.46. The van der Waals surface area contributed by atoms with E-state index in [2.05, 4.69) is 22.1 Å². The quantitative estimate of drug-likeness (QED) is 0.473. The van der Waals surface area contributed by atoms with Gasteiger partial charge in [0.1, 0.15) is 0 Å². The van der Waals surface area contributed by atoms with Crippen molar-refractivity contribution in [2.24, 2.45) is 0 Å². The Kier molecular flexibility index (Phi) is 7.73. The van der Waals surface area contributed by atoms with Gasteiger partial charge < -0.3 is 14.8 Å². The highest BCUT2D eigenvalue weighted by atomic mass is 32.2. The van der Waals surface area contributed by atoms with Gasteiger partial charge in [-0.25, -0.2) is 0 Å². The van der Waals surface area contributed by atoms with E-state index in [4.69, 9.17) is 9.47 Å². The Balaban J connectivity index is 1.68. The van der Waals surface area contributed by atoms with E-state index < -0.39 is 0 Å². The van der Waals surface area contributed by atoms with Crippen LogP contribution in [0.1, 0.15) is 23.9 Å². The molecule has 0 aliphatic carbocycles. The molecule has 2 heterocycles. The number of methoxy groups -OCH3 is 1. The smallest absolute Gasteiger partial charge is 0.258 e. The number of rotatable bonds is 11. The van der Waals surface area contributed by atoms with Gasteiger partial charge in [0, 0.05) is 6.20 Å². The third-order valence-corrected chi connectivity index (χ3v) is 5.21. The molecule has 3 rings (SSSR count). The second-order valence-electron chi connectivity index (χ2n) is 6.66.